The van der Waals surface area contributed by atoms with E-state index in [-0.39, 0.29) is 22.3 Å². The number of carboxylic acids is 2. The Morgan fingerprint density at radius 3 is 1.54 bits per heavy atom. The lowest BCUT2D eigenvalue weighted by atomic mass is 9.95. The van der Waals surface area contributed by atoms with Gasteiger partial charge in [0.05, 0.1) is 36.5 Å². The summed E-state index contributed by atoms with van der Waals surface area (Å²) in [4.78, 5) is 58.8. The maximum atomic E-state index is 12.7. The highest BCUT2D eigenvalue weighted by Gasteiger charge is 2.23. The number of carbonyl (C=O) groups excluding carboxylic acids is 3. The first kappa shape index (κ1) is 20.3. The molecular weight excluding hydrogens is 372 g/mol. The first-order valence-electron chi connectivity index (χ1n) is 7.67. The number of carboxylic acid groups (broad SMARTS) is 2. The van der Waals surface area contributed by atoms with Crippen LogP contribution < -0.4 is 0 Å². The number of hydrogen-bond donors (Lipinski definition) is 2. The highest BCUT2D eigenvalue weighted by atomic mass is 16.5. The van der Waals surface area contributed by atoms with Crippen molar-refractivity contribution in [2.45, 2.75) is 0 Å². The van der Waals surface area contributed by atoms with Crippen molar-refractivity contribution in [2.24, 2.45) is 0 Å². The van der Waals surface area contributed by atoms with Crippen molar-refractivity contribution in [3.63, 3.8) is 0 Å². The van der Waals surface area contributed by atoms with Gasteiger partial charge in [-0.1, -0.05) is 12.1 Å². The van der Waals surface area contributed by atoms with Gasteiger partial charge in [0.1, 0.15) is 0 Å². The van der Waals surface area contributed by atoms with Crippen molar-refractivity contribution in [2.75, 3.05) is 14.2 Å². The maximum Gasteiger partial charge on any atom is 0.338 e. The van der Waals surface area contributed by atoms with Crippen LogP contribution in [0.4, 0.5) is 0 Å². The van der Waals surface area contributed by atoms with Crippen LogP contribution in [0.5, 0.6) is 0 Å². The summed E-state index contributed by atoms with van der Waals surface area (Å²) in [6.45, 7) is 0. The molecular formula is C19H14O9. The number of benzene rings is 2. The molecule has 9 nitrogen and oxygen atoms in total. The van der Waals surface area contributed by atoms with Crippen molar-refractivity contribution in [1.82, 2.24) is 0 Å². The predicted octanol–water partition coefficient (Wildman–Crippen LogP) is 1.89. The molecule has 0 bridgehead atoms. The van der Waals surface area contributed by atoms with Crippen LogP contribution in [-0.4, -0.2) is 54.1 Å². The van der Waals surface area contributed by atoms with Gasteiger partial charge >= 0.3 is 23.9 Å². The first-order chi connectivity index (χ1) is 13.2. The van der Waals surface area contributed by atoms with Crippen LogP contribution in [0.25, 0.3) is 0 Å². The summed E-state index contributed by atoms with van der Waals surface area (Å²) in [6.07, 6.45) is 0. The number of ketones is 1. The molecule has 0 radical (unpaired) electrons. The highest BCUT2D eigenvalue weighted by Crippen LogP contribution is 2.20. The lowest BCUT2D eigenvalue weighted by Crippen LogP contribution is -2.14. The third kappa shape index (κ3) is 3.88. The number of esters is 2. The zero-order valence-electron chi connectivity index (χ0n) is 14.7. The summed E-state index contributed by atoms with van der Waals surface area (Å²) >= 11 is 0. The summed E-state index contributed by atoms with van der Waals surface area (Å²) in [5.74, 6) is -5.32. The maximum absolute atomic E-state index is 12.7. The Morgan fingerprint density at radius 1 is 0.643 bits per heavy atom. The molecule has 0 aliphatic carbocycles. The lowest BCUT2D eigenvalue weighted by molar-refractivity contribution is 0.0555. The van der Waals surface area contributed by atoms with E-state index in [2.05, 4.69) is 9.47 Å². The van der Waals surface area contributed by atoms with Crippen molar-refractivity contribution < 1.29 is 43.7 Å². The van der Waals surface area contributed by atoms with E-state index < -0.39 is 40.8 Å². The van der Waals surface area contributed by atoms with Gasteiger partial charge in [0.2, 0.25) is 0 Å². The van der Waals surface area contributed by atoms with Gasteiger partial charge in [-0.3, -0.25) is 4.79 Å². The molecule has 2 aromatic carbocycles. The summed E-state index contributed by atoms with van der Waals surface area (Å²) in [5.41, 5.74) is -1.49. The zero-order chi connectivity index (χ0) is 21.0. The fourth-order valence-electron chi connectivity index (χ4n) is 2.47. The lowest BCUT2D eigenvalue weighted by Gasteiger charge is -2.09. The molecule has 2 rings (SSSR count). The molecule has 0 amide bonds. The molecule has 0 unspecified atom stereocenters. The number of methoxy groups -OCH3 is 2. The van der Waals surface area contributed by atoms with Crippen molar-refractivity contribution in [3.8, 4) is 0 Å². The fourth-order valence-corrected chi connectivity index (χ4v) is 2.47. The number of hydrogen-bond acceptors (Lipinski definition) is 7. The molecule has 0 aliphatic rings. The van der Waals surface area contributed by atoms with E-state index in [4.69, 9.17) is 5.11 Å². The third-order valence-corrected chi connectivity index (χ3v) is 3.83. The van der Waals surface area contributed by atoms with Crippen LogP contribution in [0.15, 0.2) is 36.4 Å². The minimum Gasteiger partial charge on any atom is -0.478 e. The van der Waals surface area contributed by atoms with Crippen LogP contribution in [0, 0.1) is 0 Å². The second-order valence-corrected chi connectivity index (χ2v) is 5.44. The van der Waals surface area contributed by atoms with Gasteiger partial charge in [0.15, 0.2) is 5.78 Å². The monoisotopic (exact) mass is 386 g/mol. The van der Waals surface area contributed by atoms with E-state index in [1.54, 1.807) is 0 Å². The van der Waals surface area contributed by atoms with E-state index >= 15 is 0 Å². The van der Waals surface area contributed by atoms with Crippen LogP contribution in [-0.2, 0) is 9.47 Å². The molecule has 9 heteroatoms. The Bertz CT molecular complexity index is 1000. The molecule has 0 saturated heterocycles. The van der Waals surface area contributed by atoms with Gasteiger partial charge in [-0.15, -0.1) is 0 Å². The molecule has 144 valence electrons. The van der Waals surface area contributed by atoms with Crippen molar-refractivity contribution >= 4 is 29.7 Å². The number of carbonyl (C=O) groups is 5. The van der Waals surface area contributed by atoms with E-state index in [9.17, 15) is 29.1 Å². The second kappa shape index (κ2) is 8.12. The largest absolute Gasteiger partial charge is 0.478 e. The smallest absolute Gasteiger partial charge is 0.338 e. The molecule has 2 aromatic rings. The van der Waals surface area contributed by atoms with Crippen molar-refractivity contribution in [1.29, 1.82) is 0 Å². The quantitative estimate of drug-likeness (QED) is 0.561. The summed E-state index contributed by atoms with van der Waals surface area (Å²) in [7, 11) is 2.22. The normalized spacial score (nSPS) is 10.1. The van der Waals surface area contributed by atoms with Gasteiger partial charge < -0.3 is 19.7 Å². The Balaban J connectivity index is 2.56. The topological polar surface area (TPSA) is 144 Å². The molecule has 28 heavy (non-hydrogen) atoms. The van der Waals surface area contributed by atoms with E-state index in [0.29, 0.717) is 0 Å². The molecule has 2 N–H and O–H groups in total. The van der Waals surface area contributed by atoms with Crippen LogP contribution in [0.3, 0.4) is 0 Å². The van der Waals surface area contributed by atoms with E-state index in [1.165, 1.54) is 12.1 Å². The Hall–Kier alpha value is -4.01. The Kier molecular flexibility index (Phi) is 5.89. The predicted molar refractivity (Wildman–Crippen MR) is 92.9 cm³/mol. The van der Waals surface area contributed by atoms with Crippen LogP contribution >= 0.6 is 0 Å². The third-order valence-electron chi connectivity index (χ3n) is 3.83. The fraction of sp³-hybridized carbons (Fsp3) is 0.105. The Morgan fingerprint density at radius 2 is 1.07 bits per heavy atom. The molecule has 0 fully saturated rings. The minimum atomic E-state index is -1.51. The van der Waals surface area contributed by atoms with Gasteiger partial charge in [-0.2, -0.15) is 0 Å². The highest BCUT2D eigenvalue weighted by molar-refractivity contribution is 6.13. The summed E-state index contributed by atoms with van der Waals surface area (Å²) in [5, 5.41) is 18.2. The van der Waals surface area contributed by atoms with Gasteiger partial charge in [0, 0.05) is 11.1 Å². The summed E-state index contributed by atoms with van der Waals surface area (Å²) < 4.78 is 9.19. The molecule has 0 aliphatic heterocycles. The summed E-state index contributed by atoms with van der Waals surface area (Å²) in [6, 6.07) is 6.67. The SMILES string of the molecule is COC(=O)c1ccc(C(=O)c2ccc(C(=O)O)c(C(=O)O)c2)cc1C(=O)OC. The second-order valence-electron chi connectivity index (χ2n) is 5.44. The first-order valence-corrected chi connectivity index (χ1v) is 7.67. The number of aromatic carboxylic acids is 2. The molecule has 0 spiro atoms. The standard InChI is InChI=1S/C19H14O9/c1-27-18(25)12-6-4-10(8-14(12)19(26)28-2)15(20)9-3-5-11(16(21)22)13(7-9)17(23)24/h3-8H,1-2H3,(H,21,22)(H,23,24). The number of ether oxygens (including phenoxy) is 2. The Labute approximate surface area is 158 Å². The van der Waals surface area contributed by atoms with E-state index in [1.807, 2.05) is 0 Å². The average molecular weight is 386 g/mol. The van der Waals surface area contributed by atoms with Gasteiger partial charge in [-0.05, 0) is 24.3 Å². The molecule has 0 atom stereocenters. The van der Waals surface area contributed by atoms with Crippen molar-refractivity contribution in [3.05, 3.63) is 69.8 Å². The zero-order valence-corrected chi connectivity index (χ0v) is 14.7. The molecule has 0 aromatic heterocycles. The molecule has 0 heterocycles. The van der Waals surface area contributed by atoms with Gasteiger partial charge in [0.25, 0.3) is 0 Å². The minimum absolute atomic E-state index is 0.0348. The van der Waals surface area contributed by atoms with E-state index in [0.717, 1.165) is 38.5 Å². The average Bonchev–Trinajstić information content (AvgIpc) is 2.70. The van der Waals surface area contributed by atoms with Gasteiger partial charge in [-0.25, -0.2) is 19.2 Å². The van der Waals surface area contributed by atoms with Crippen LogP contribution in [0.2, 0.25) is 0 Å². The number of rotatable bonds is 6. The van der Waals surface area contributed by atoms with Crippen LogP contribution in [0.1, 0.15) is 57.4 Å². The molecule has 0 saturated carbocycles.